The SMILES string of the molecule is C=C(/C=C(/C)O)CNC(=O)c1cccc(Nc2nc3cc(/C(N)=N/N=N)ccc3c3sccc23)c1. The van der Waals surface area contributed by atoms with Crippen LogP contribution in [0.4, 0.5) is 11.5 Å². The fourth-order valence-electron chi connectivity index (χ4n) is 3.58. The van der Waals surface area contributed by atoms with Gasteiger partial charge in [0.2, 0.25) is 0 Å². The van der Waals surface area contributed by atoms with Crippen molar-refractivity contribution in [1.29, 1.82) is 5.53 Å². The molecule has 6 N–H and O–H groups in total. The van der Waals surface area contributed by atoms with Crippen LogP contribution in [-0.4, -0.2) is 28.4 Å². The predicted molar refractivity (Wildman–Crippen MR) is 141 cm³/mol. The number of rotatable bonds is 8. The summed E-state index contributed by atoms with van der Waals surface area (Å²) in [5.74, 6) is 0.647. The number of allylic oxidation sites excluding steroid dienone is 1. The number of thiophene rings is 1. The second-order valence-corrected chi connectivity index (χ2v) is 8.69. The number of nitrogens with zero attached hydrogens (tertiary/aromatic N) is 3. The average molecular weight is 486 g/mol. The Hall–Kier alpha value is -4.57. The molecule has 35 heavy (non-hydrogen) atoms. The normalized spacial score (nSPS) is 12.0. The Labute approximate surface area is 205 Å². The lowest BCUT2D eigenvalue weighted by molar-refractivity contribution is 0.0957. The lowest BCUT2D eigenvalue weighted by atomic mass is 10.1. The Morgan fingerprint density at radius 3 is 2.83 bits per heavy atom. The summed E-state index contributed by atoms with van der Waals surface area (Å²) in [5, 5.41) is 26.0. The number of hydrogen-bond acceptors (Lipinski definition) is 7. The lowest BCUT2D eigenvalue weighted by Gasteiger charge is -2.12. The van der Waals surface area contributed by atoms with Crippen molar-refractivity contribution in [1.82, 2.24) is 10.3 Å². The number of aliphatic hydroxyl groups excluding tert-OH is 1. The van der Waals surface area contributed by atoms with Gasteiger partial charge in [0.05, 0.1) is 11.3 Å². The average Bonchev–Trinajstić information content (AvgIpc) is 3.33. The van der Waals surface area contributed by atoms with Crippen LogP contribution in [-0.2, 0) is 0 Å². The van der Waals surface area contributed by atoms with E-state index in [0.717, 1.165) is 15.5 Å². The molecule has 2 aromatic carbocycles. The number of anilines is 2. The number of amides is 1. The zero-order valence-electron chi connectivity index (χ0n) is 18.9. The van der Waals surface area contributed by atoms with Gasteiger partial charge in [-0.25, -0.2) is 4.98 Å². The van der Waals surface area contributed by atoms with Gasteiger partial charge in [-0.05, 0) is 54.3 Å². The van der Waals surface area contributed by atoms with Crippen molar-refractivity contribution in [3.05, 3.63) is 89.0 Å². The molecule has 0 saturated heterocycles. The quantitative estimate of drug-likeness (QED) is 0.0550. The van der Waals surface area contributed by atoms with Crippen molar-refractivity contribution >= 4 is 55.6 Å². The molecule has 0 atom stereocenters. The zero-order chi connectivity index (χ0) is 24.9. The van der Waals surface area contributed by atoms with Crippen LogP contribution in [0, 0.1) is 5.53 Å². The molecule has 2 heterocycles. The largest absolute Gasteiger partial charge is 0.513 e. The first-order valence-electron chi connectivity index (χ1n) is 10.6. The van der Waals surface area contributed by atoms with E-state index in [-0.39, 0.29) is 24.0 Å². The molecule has 1 amide bonds. The molecule has 0 bridgehead atoms. The highest BCUT2D eigenvalue weighted by Gasteiger charge is 2.13. The number of carbonyl (C=O) groups excluding carboxylic acids is 1. The summed E-state index contributed by atoms with van der Waals surface area (Å²) >= 11 is 1.60. The molecular weight excluding hydrogens is 462 g/mol. The molecular formula is C25H23N7O2S. The van der Waals surface area contributed by atoms with Crippen molar-refractivity contribution < 1.29 is 9.90 Å². The fourth-order valence-corrected chi connectivity index (χ4v) is 4.52. The van der Waals surface area contributed by atoms with Crippen LogP contribution in [0.2, 0.25) is 0 Å². The molecule has 0 spiro atoms. The summed E-state index contributed by atoms with van der Waals surface area (Å²) in [4.78, 5) is 17.4. The maximum absolute atomic E-state index is 12.6. The van der Waals surface area contributed by atoms with Gasteiger partial charge in [0, 0.05) is 38.8 Å². The van der Waals surface area contributed by atoms with Gasteiger partial charge in [-0.1, -0.05) is 30.0 Å². The highest BCUT2D eigenvalue weighted by molar-refractivity contribution is 7.18. The second kappa shape index (κ2) is 10.1. The van der Waals surface area contributed by atoms with Crippen molar-refractivity contribution in [3.63, 3.8) is 0 Å². The summed E-state index contributed by atoms with van der Waals surface area (Å²) in [7, 11) is 0. The first-order chi connectivity index (χ1) is 16.9. The van der Waals surface area contributed by atoms with E-state index in [1.54, 1.807) is 36.5 Å². The van der Waals surface area contributed by atoms with E-state index in [1.807, 2.05) is 35.7 Å². The third-order valence-corrected chi connectivity index (χ3v) is 6.07. The molecule has 0 radical (unpaired) electrons. The monoisotopic (exact) mass is 485 g/mol. The first-order valence-corrected chi connectivity index (χ1v) is 11.4. The standard InChI is InChI=1S/C25H23N7O2S/c1-14(10-15(2)33)13-28-25(34)17-4-3-5-18(11-17)29-24-20-8-9-35-22(20)19-7-6-16(12-21(19)30-24)23(26)31-32-27/h3-12,33H,1,13H2,2H3,(H,28,34)(H,29,30)(H3,26,27,31)/b15-10-. The van der Waals surface area contributed by atoms with Crippen LogP contribution < -0.4 is 16.4 Å². The minimum atomic E-state index is -0.259. The summed E-state index contributed by atoms with van der Waals surface area (Å²) in [6.45, 7) is 5.58. The van der Waals surface area contributed by atoms with Crippen molar-refractivity contribution in [2.75, 3.05) is 11.9 Å². The molecule has 0 aliphatic carbocycles. The van der Waals surface area contributed by atoms with Gasteiger partial charge in [0.25, 0.3) is 5.91 Å². The van der Waals surface area contributed by atoms with Crippen LogP contribution in [0.1, 0.15) is 22.8 Å². The highest BCUT2D eigenvalue weighted by atomic mass is 32.1. The van der Waals surface area contributed by atoms with E-state index in [0.29, 0.717) is 33.7 Å². The van der Waals surface area contributed by atoms with Gasteiger partial charge in [-0.3, -0.25) is 4.79 Å². The number of pyridine rings is 1. The number of aromatic nitrogens is 1. The van der Waals surface area contributed by atoms with Gasteiger partial charge in [0.1, 0.15) is 5.82 Å². The molecule has 0 aliphatic rings. The maximum atomic E-state index is 12.6. The number of carbonyl (C=O) groups is 1. The van der Waals surface area contributed by atoms with E-state index < -0.39 is 0 Å². The molecule has 0 fully saturated rings. The van der Waals surface area contributed by atoms with Gasteiger partial charge in [-0.15, -0.1) is 16.4 Å². The molecule has 0 saturated carbocycles. The van der Waals surface area contributed by atoms with Gasteiger partial charge in [0.15, 0.2) is 5.84 Å². The Morgan fingerprint density at radius 1 is 1.23 bits per heavy atom. The highest BCUT2D eigenvalue weighted by Crippen LogP contribution is 2.35. The van der Waals surface area contributed by atoms with Gasteiger partial charge >= 0.3 is 0 Å². The molecule has 9 nitrogen and oxygen atoms in total. The van der Waals surface area contributed by atoms with Crippen molar-refractivity contribution in [2.24, 2.45) is 16.1 Å². The molecule has 0 aliphatic heterocycles. The number of aliphatic hydroxyl groups is 1. The molecule has 2 aromatic heterocycles. The summed E-state index contributed by atoms with van der Waals surface area (Å²) in [6, 6.07) is 14.7. The number of nitrogens with two attached hydrogens (primary N) is 1. The third-order valence-electron chi connectivity index (χ3n) is 5.12. The Balaban J connectivity index is 1.63. The lowest BCUT2D eigenvalue weighted by Crippen LogP contribution is -2.25. The van der Waals surface area contributed by atoms with Crippen LogP contribution in [0.5, 0.6) is 0 Å². The van der Waals surface area contributed by atoms with Gasteiger partial charge < -0.3 is 21.5 Å². The zero-order valence-corrected chi connectivity index (χ0v) is 19.7. The van der Waals surface area contributed by atoms with E-state index >= 15 is 0 Å². The maximum Gasteiger partial charge on any atom is 0.251 e. The number of hydrogen-bond donors (Lipinski definition) is 5. The summed E-state index contributed by atoms with van der Waals surface area (Å²) in [5.41, 5.74) is 15.9. The minimum Gasteiger partial charge on any atom is -0.513 e. The fraction of sp³-hybridized carbons (Fsp3) is 0.0800. The Bertz CT molecular complexity index is 1520. The summed E-state index contributed by atoms with van der Waals surface area (Å²) in [6.07, 6.45) is 1.50. The molecule has 4 rings (SSSR count). The predicted octanol–water partition coefficient (Wildman–Crippen LogP) is 5.59. The number of fused-ring (bicyclic) bond motifs is 3. The van der Waals surface area contributed by atoms with Crippen molar-refractivity contribution in [2.45, 2.75) is 6.92 Å². The van der Waals surface area contributed by atoms with Gasteiger partial charge in [-0.2, -0.15) is 5.53 Å². The summed E-state index contributed by atoms with van der Waals surface area (Å²) < 4.78 is 1.06. The van der Waals surface area contributed by atoms with E-state index in [2.05, 4.69) is 27.5 Å². The number of nitrogens with one attached hydrogen (secondary N) is 3. The Kier molecular flexibility index (Phi) is 6.83. The van der Waals surface area contributed by atoms with Crippen LogP contribution in [0.3, 0.4) is 0 Å². The minimum absolute atomic E-state index is 0.131. The van der Waals surface area contributed by atoms with E-state index in [1.165, 1.54) is 6.08 Å². The molecule has 176 valence electrons. The van der Waals surface area contributed by atoms with Crippen LogP contribution >= 0.6 is 11.3 Å². The molecule has 4 aromatic rings. The molecule has 0 unspecified atom stereocenters. The first kappa shape index (κ1) is 23.6. The van der Waals surface area contributed by atoms with Crippen LogP contribution in [0.15, 0.2) is 88.2 Å². The van der Waals surface area contributed by atoms with E-state index in [9.17, 15) is 9.90 Å². The van der Waals surface area contributed by atoms with Crippen LogP contribution in [0.25, 0.3) is 21.0 Å². The number of amidine groups is 1. The Morgan fingerprint density at radius 2 is 2.06 bits per heavy atom. The smallest absolute Gasteiger partial charge is 0.251 e. The van der Waals surface area contributed by atoms with Crippen molar-refractivity contribution in [3.8, 4) is 0 Å². The topological polar surface area (TPSA) is 149 Å². The van der Waals surface area contributed by atoms with E-state index in [4.69, 9.17) is 16.2 Å². The second-order valence-electron chi connectivity index (χ2n) is 7.77. The number of benzene rings is 2. The molecule has 10 heteroatoms. The third kappa shape index (κ3) is 5.33.